The van der Waals surface area contributed by atoms with E-state index in [2.05, 4.69) is 84.1 Å². The van der Waals surface area contributed by atoms with Gasteiger partial charge < -0.3 is 15.5 Å². The molecule has 2 fully saturated rings. The Morgan fingerprint density at radius 3 is 2.55 bits per heavy atom. The molecule has 7 nitrogen and oxygen atoms in total. The van der Waals surface area contributed by atoms with Gasteiger partial charge in [0.1, 0.15) is 17.6 Å². The van der Waals surface area contributed by atoms with Gasteiger partial charge in [-0.25, -0.2) is 9.37 Å². The Balaban J connectivity index is 1.13. The van der Waals surface area contributed by atoms with Gasteiger partial charge >= 0.3 is 0 Å². The van der Waals surface area contributed by atoms with Gasteiger partial charge in [-0.05, 0) is 103 Å². The summed E-state index contributed by atoms with van der Waals surface area (Å²) in [6.45, 7) is 6.55. The van der Waals surface area contributed by atoms with Crippen LogP contribution >= 0.6 is 0 Å². The monoisotopic (exact) mass is 632 g/mol. The maximum absolute atomic E-state index is 13.7. The molecule has 242 valence electrons. The molecule has 1 saturated heterocycles. The number of rotatable bonds is 10. The lowest BCUT2D eigenvalue weighted by atomic mass is 9.92. The maximum Gasteiger partial charge on any atom is 0.270 e. The van der Waals surface area contributed by atoms with Crippen LogP contribution in [0.4, 0.5) is 4.39 Å². The first-order valence-electron chi connectivity index (χ1n) is 16.5. The fraction of sp³-hybridized carbons (Fsp3) is 0.333. The van der Waals surface area contributed by atoms with Crippen molar-refractivity contribution in [2.75, 3.05) is 13.1 Å². The molecule has 1 aromatic heterocycles. The van der Waals surface area contributed by atoms with Crippen LogP contribution in [0.2, 0.25) is 0 Å². The van der Waals surface area contributed by atoms with E-state index in [1.807, 2.05) is 6.92 Å². The molecule has 1 aliphatic carbocycles. The lowest BCUT2D eigenvalue weighted by Gasteiger charge is -2.26. The molecule has 6 rings (SSSR count). The van der Waals surface area contributed by atoms with Gasteiger partial charge in [-0.1, -0.05) is 68.5 Å². The van der Waals surface area contributed by atoms with Crippen molar-refractivity contribution in [2.45, 2.75) is 64.5 Å². The average Bonchev–Trinajstić information content (AvgIpc) is 3.78. The molecule has 2 atom stereocenters. The number of carbonyl (C=O) groups is 3. The van der Waals surface area contributed by atoms with Gasteiger partial charge in [-0.2, -0.15) is 0 Å². The number of benzene rings is 3. The van der Waals surface area contributed by atoms with Crippen LogP contribution in [0.25, 0.3) is 28.1 Å². The van der Waals surface area contributed by atoms with Crippen molar-refractivity contribution in [2.24, 2.45) is 5.92 Å². The van der Waals surface area contributed by atoms with Crippen LogP contribution in [0.1, 0.15) is 85.6 Å². The molecule has 2 aliphatic rings. The molecule has 0 bridgehead atoms. The molecule has 3 aromatic carbocycles. The Hall–Kier alpha value is -4.85. The van der Waals surface area contributed by atoms with Gasteiger partial charge in [0.2, 0.25) is 11.8 Å². The van der Waals surface area contributed by atoms with Crippen LogP contribution in [0.15, 0.2) is 78.9 Å². The molecular formula is C39H41FN4O3. The third kappa shape index (κ3) is 7.59. The van der Waals surface area contributed by atoms with E-state index in [9.17, 15) is 18.8 Å². The zero-order chi connectivity index (χ0) is 33.1. The Kier molecular flexibility index (Phi) is 9.48. The summed E-state index contributed by atoms with van der Waals surface area (Å²) in [5.41, 5.74) is 6.21. The van der Waals surface area contributed by atoms with Crippen molar-refractivity contribution in [1.82, 2.24) is 20.5 Å². The van der Waals surface area contributed by atoms with Crippen molar-refractivity contribution in [3.05, 3.63) is 107 Å². The summed E-state index contributed by atoms with van der Waals surface area (Å²) in [4.78, 5) is 45.6. The molecule has 1 aliphatic heterocycles. The highest BCUT2D eigenvalue weighted by Crippen LogP contribution is 2.33. The standard InChI is InChI=1S/C39H41FN4O3/c1-24(2)28-6-4-7-29(20-28)30-14-13-27(12-11-26-9-10-26)33(22-30)25(3)42-39(47)36-8-5-19-44(36)37(45)23-41-38(46)35-17-15-31-21-32(40)16-18-34(31)43-35/h4,6-7,11-18,20-22,24-26,36H,5,8-10,19,23H2,1-3H3,(H,41,46)(H,42,47)/b12-11+/t25-,36?/m0/s1. The minimum atomic E-state index is -0.619. The Morgan fingerprint density at radius 1 is 0.957 bits per heavy atom. The molecule has 0 spiro atoms. The highest BCUT2D eigenvalue weighted by atomic mass is 19.1. The quantitative estimate of drug-likeness (QED) is 0.194. The molecule has 2 N–H and O–H groups in total. The smallest absolute Gasteiger partial charge is 0.270 e. The first-order chi connectivity index (χ1) is 22.7. The molecule has 3 amide bonds. The number of allylic oxidation sites excluding steroid dienone is 1. The van der Waals surface area contributed by atoms with E-state index >= 15 is 0 Å². The molecule has 1 unspecified atom stereocenters. The number of aromatic nitrogens is 1. The van der Waals surface area contributed by atoms with E-state index in [4.69, 9.17) is 0 Å². The number of likely N-dealkylation sites (tertiary alicyclic amines) is 1. The zero-order valence-electron chi connectivity index (χ0n) is 27.1. The third-order valence-corrected chi connectivity index (χ3v) is 9.13. The number of nitrogens with one attached hydrogen (secondary N) is 2. The van der Waals surface area contributed by atoms with Crippen LogP contribution < -0.4 is 10.6 Å². The second-order valence-electron chi connectivity index (χ2n) is 13.0. The molecule has 8 heteroatoms. The lowest BCUT2D eigenvalue weighted by Crippen LogP contribution is -2.49. The number of amides is 3. The van der Waals surface area contributed by atoms with Gasteiger partial charge in [-0.15, -0.1) is 0 Å². The normalized spacial score (nSPS) is 17.0. The number of hydrogen-bond donors (Lipinski definition) is 2. The number of carbonyl (C=O) groups excluding carboxylic acids is 3. The minimum absolute atomic E-state index is 0.131. The Morgan fingerprint density at radius 2 is 1.77 bits per heavy atom. The van der Waals surface area contributed by atoms with Crippen molar-refractivity contribution in [3.63, 3.8) is 0 Å². The van der Waals surface area contributed by atoms with Crippen molar-refractivity contribution < 1.29 is 18.8 Å². The second-order valence-corrected chi connectivity index (χ2v) is 13.0. The number of hydrogen-bond acceptors (Lipinski definition) is 4. The van der Waals surface area contributed by atoms with E-state index in [-0.39, 0.29) is 35.9 Å². The Bertz CT molecular complexity index is 1850. The molecule has 0 radical (unpaired) electrons. The summed E-state index contributed by atoms with van der Waals surface area (Å²) in [6.07, 6.45) is 8.10. The van der Waals surface area contributed by atoms with Gasteiger partial charge in [0, 0.05) is 11.9 Å². The molecule has 2 heterocycles. The zero-order valence-corrected chi connectivity index (χ0v) is 27.1. The summed E-state index contributed by atoms with van der Waals surface area (Å²) in [6, 6.07) is 21.4. The summed E-state index contributed by atoms with van der Waals surface area (Å²) in [7, 11) is 0. The third-order valence-electron chi connectivity index (χ3n) is 9.13. The predicted octanol–water partition coefficient (Wildman–Crippen LogP) is 7.19. The largest absolute Gasteiger partial charge is 0.348 e. The Labute approximate surface area is 275 Å². The number of fused-ring (bicyclic) bond motifs is 1. The van der Waals surface area contributed by atoms with Crippen molar-refractivity contribution in [1.29, 1.82) is 0 Å². The van der Waals surface area contributed by atoms with Crippen LogP contribution in [0.5, 0.6) is 0 Å². The van der Waals surface area contributed by atoms with E-state index in [0.29, 0.717) is 42.1 Å². The molecule has 4 aromatic rings. The van der Waals surface area contributed by atoms with Gasteiger partial charge in [0.15, 0.2) is 0 Å². The van der Waals surface area contributed by atoms with Crippen LogP contribution in [-0.4, -0.2) is 46.7 Å². The average molecular weight is 633 g/mol. The SMILES string of the molecule is CC(C)c1cccc(-c2ccc(/C=C/C3CC3)c([C@H](C)NC(=O)C3CCCN3C(=O)CNC(=O)c3ccc4cc(F)ccc4n3)c2)c1. The number of pyridine rings is 1. The number of nitrogens with zero attached hydrogens (tertiary/aromatic N) is 2. The minimum Gasteiger partial charge on any atom is -0.348 e. The first-order valence-corrected chi connectivity index (χ1v) is 16.5. The number of halogens is 1. The summed E-state index contributed by atoms with van der Waals surface area (Å²) in [5, 5.41) is 6.42. The van der Waals surface area contributed by atoms with E-state index in [1.165, 1.54) is 42.7 Å². The second kappa shape index (κ2) is 13.9. The van der Waals surface area contributed by atoms with Crippen molar-refractivity contribution >= 4 is 34.7 Å². The highest BCUT2D eigenvalue weighted by Gasteiger charge is 2.35. The molecule has 1 saturated carbocycles. The van der Waals surface area contributed by atoms with E-state index in [0.717, 1.165) is 22.3 Å². The fourth-order valence-electron chi connectivity index (χ4n) is 6.18. The lowest BCUT2D eigenvalue weighted by molar-refractivity contribution is -0.137. The van der Waals surface area contributed by atoms with Crippen LogP contribution in [0.3, 0.4) is 0 Å². The molecular weight excluding hydrogens is 591 g/mol. The summed E-state index contributed by atoms with van der Waals surface area (Å²) in [5.74, 6) is -0.387. The summed E-state index contributed by atoms with van der Waals surface area (Å²) >= 11 is 0. The topological polar surface area (TPSA) is 91.4 Å². The first kappa shape index (κ1) is 32.1. The fourth-order valence-corrected chi connectivity index (χ4v) is 6.18. The van der Waals surface area contributed by atoms with Gasteiger partial charge in [-0.3, -0.25) is 14.4 Å². The summed E-state index contributed by atoms with van der Waals surface area (Å²) < 4.78 is 13.5. The highest BCUT2D eigenvalue weighted by molar-refractivity contribution is 5.97. The predicted molar refractivity (Wildman–Crippen MR) is 183 cm³/mol. The van der Waals surface area contributed by atoms with Crippen LogP contribution in [-0.2, 0) is 9.59 Å². The van der Waals surface area contributed by atoms with Crippen LogP contribution in [0, 0.1) is 11.7 Å². The van der Waals surface area contributed by atoms with Gasteiger partial charge in [0.05, 0.1) is 18.1 Å². The van der Waals surface area contributed by atoms with Gasteiger partial charge in [0.25, 0.3) is 5.91 Å². The van der Waals surface area contributed by atoms with Crippen molar-refractivity contribution in [3.8, 4) is 11.1 Å². The van der Waals surface area contributed by atoms with E-state index in [1.54, 1.807) is 11.0 Å². The van der Waals surface area contributed by atoms with E-state index < -0.39 is 11.9 Å². The molecule has 47 heavy (non-hydrogen) atoms. The maximum atomic E-state index is 13.7.